The Morgan fingerprint density at radius 3 is 1.15 bits per heavy atom. The lowest BCUT2D eigenvalue weighted by molar-refractivity contribution is 0.475. The van der Waals surface area contributed by atoms with Crippen molar-refractivity contribution in [3.63, 3.8) is 0 Å². The van der Waals surface area contributed by atoms with Crippen LogP contribution in [0.3, 0.4) is 0 Å². The van der Waals surface area contributed by atoms with E-state index in [-0.39, 0.29) is 11.5 Å². The molecule has 0 saturated heterocycles. The molecule has 2 aromatic carbocycles. The lowest BCUT2D eigenvalue weighted by atomic mass is 10.1. The minimum Gasteiger partial charge on any atom is -0.508 e. The number of nitrogens with zero attached hydrogens (tertiary/aromatic N) is 2. The van der Waals surface area contributed by atoms with Crippen molar-refractivity contribution in [2.45, 2.75) is 0 Å². The molecule has 0 bridgehead atoms. The Balaban J connectivity index is 1.72. The molecule has 0 saturated carbocycles. The van der Waals surface area contributed by atoms with Crippen molar-refractivity contribution in [3.8, 4) is 45.4 Å². The molecule has 4 aromatic rings. The Labute approximate surface area is 151 Å². The minimum absolute atomic E-state index is 0.230. The third kappa shape index (κ3) is 3.26. The van der Waals surface area contributed by atoms with Gasteiger partial charge in [-0.1, -0.05) is 12.1 Å². The first-order valence-electron chi connectivity index (χ1n) is 8.22. The van der Waals surface area contributed by atoms with E-state index in [0.29, 0.717) is 0 Å². The summed E-state index contributed by atoms with van der Waals surface area (Å²) in [5, 5.41) is 18.9. The van der Waals surface area contributed by atoms with E-state index >= 15 is 0 Å². The fourth-order valence-electron chi connectivity index (χ4n) is 2.74. The molecule has 4 rings (SSSR count). The highest BCUT2D eigenvalue weighted by Gasteiger charge is 2.07. The third-order valence-electron chi connectivity index (χ3n) is 4.09. The Bertz CT molecular complexity index is 955. The smallest absolute Gasteiger partial charge is 0.115 e. The fraction of sp³-hybridized carbons (Fsp3) is 0. The van der Waals surface area contributed by atoms with Gasteiger partial charge < -0.3 is 10.2 Å². The summed E-state index contributed by atoms with van der Waals surface area (Å²) < 4.78 is 0. The number of hydrogen-bond acceptors (Lipinski definition) is 4. The van der Waals surface area contributed by atoms with Crippen LogP contribution in [0.2, 0.25) is 0 Å². The second-order valence-electron chi connectivity index (χ2n) is 5.91. The van der Waals surface area contributed by atoms with Crippen LogP contribution in [0.15, 0.2) is 84.9 Å². The zero-order chi connectivity index (χ0) is 17.9. The van der Waals surface area contributed by atoms with Crippen LogP contribution >= 0.6 is 0 Å². The van der Waals surface area contributed by atoms with E-state index in [1.54, 1.807) is 24.3 Å². The van der Waals surface area contributed by atoms with E-state index in [1.165, 1.54) is 0 Å². The lowest BCUT2D eigenvalue weighted by Gasteiger charge is -2.07. The van der Waals surface area contributed by atoms with Crippen molar-refractivity contribution < 1.29 is 10.2 Å². The highest BCUT2D eigenvalue weighted by molar-refractivity contribution is 5.67. The van der Waals surface area contributed by atoms with Gasteiger partial charge in [-0.3, -0.25) is 0 Å². The molecule has 0 aliphatic rings. The third-order valence-corrected chi connectivity index (χ3v) is 4.09. The van der Waals surface area contributed by atoms with Crippen LogP contribution in [0.4, 0.5) is 0 Å². The second kappa shape index (κ2) is 6.69. The summed E-state index contributed by atoms with van der Waals surface area (Å²) in [6.45, 7) is 0. The zero-order valence-electron chi connectivity index (χ0n) is 13.9. The van der Waals surface area contributed by atoms with Gasteiger partial charge >= 0.3 is 0 Å². The predicted octanol–water partition coefficient (Wildman–Crippen LogP) is 4.89. The van der Waals surface area contributed by atoms with Crippen molar-refractivity contribution in [2.75, 3.05) is 0 Å². The van der Waals surface area contributed by atoms with Crippen molar-refractivity contribution >= 4 is 0 Å². The maximum Gasteiger partial charge on any atom is 0.115 e. The van der Waals surface area contributed by atoms with Crippen LogP contribution in [0, 0.1) is 0 Å². The first kappa shape index (κ1) is 15.8. The first-order valence-corrected chi connectivity index (χ1v) is 8.22. The molecular weight excluding hydrogens is 324 g/mol. The van der Waals surface area contributed by atoms with E-state index in [0.717, 1.165) is 33.9 Å². The summed E-state index contributed by atoms with van der Waals surface area (Å²) in [7, 11) is 0. The number of benzene rings is 2. The van der Waals surface area contributed by atoms with Crippen LogP contribution in [0.5, 0.6) is 11.5 Å². The Morgan fingerprint density at radius 1 is 0.423 bits per heavy atom. The summed E-state index contributed by atoms with van der Waals surface area (Å²) in [5.74, 6) is 0.460. The van der Waals surface area contributed by atoms with Gasteiger partial charge in [-0.2, -0.15) is 0 Å². The Morgan fingerprint density at radius 2 is 0.769 bits per heavy atom. The minimum atomic E-state index is 0.230. The van der Waals surface area contributed by atoms with Crippen LogP contribution in [0.1, 0.15) is 0 Å². The van der Waals surface area contributed by atoms with E-state index in [9.17, 15) is 10.2 Å². The summed E-state index contributed by atoms with van der Waals surface area (Å²) in [6, 6.07) is 25.5. The second-order valence-corrected chi connectivity index (χ2v) is 5.91. The van der Waals surface area contributed by atoms with Gasteiger partial charge in [0.05, 0.1) is 22.8 Å². The molecule has 0 atom stereocenters. The molecule has 2 N–H and O–H groups in total. The van der Waals surface area contributed by atoms with E-state index < -0.39 is 0 Å². The van der Waals surface area contributed by atoms with Crippen LogP contribution in [-0.4, -0.2) is 20.2 Å². The maximum atomic E-state index is 9.45. The molecule has 4 nitrogen and oxygen atoms in total. The molecule has 2 aromatic heterocycles. The molecule has 0 radical (unpaired) electrons. The van der Waals surface area contributed by atoms with Crippen molar-refractivity contribution in [2.24, 2.45) is 0 Å². The molecule has 2 heterocycles. The molecule has 4 heteroatoms. The van der Waals surface area contributed by atoms with E-state index in [4.69, 9.17) is 9.97 Å². The van der Waals surface area contributed by atoms with Gasteiger partial charge in [-0.15, -0.1) is 0 Å². The van der Waals surface area contributed by atoms with Crippen molar-refractivity contribution in [1.29, 1.82) is 0 Å². The molecule has 126 valence electrons. The number of aromatic nitrogens is 2. The normalized spacial score (nSPS) is 10.6. The van der Waals surface area contributed by atoms with Gasteiger partial charge in [0.1, 0.15) is 11.5 Å². The fourth-order valence-corrected chi connectivity index (χ4v) is 2.74. The zero-order valence-corrected chi connectivity index (χ0v) is 13.9. The molecule has 0 amide bonds. The average Bonchev–Trinajstić information content (AvgIpc) is 2.69. The molecule has 26 heavy (non-hydrogen) atoms. The highest BCUT2D eigenvalue weighted by Crippen LogP contribution is 2.26. The van der Waals surface area contributed by atoms with Gasteiger partial charge in [0, 0.05) is 11.1 Å². The van der Waals surface area contributed by atoms with Crippen molar-refractivity contribution in [3.05, 3.63) is 84.9 Å². The molecule has 0 fully saturated rings. The topological polar surface area (TPSA) is 66.2 Å². The van der Waals surface area contributed by atoms with Gasteiger partial charge in [0.15, 0.2) is 0 Å². The van der Waals surface area contributed by atoms with Crippen LogP contribution in [-0.2, 0) is 0 Å². The Hall–Kier alpha value is -3.66. The molecule has 0 unspecified atom stereocenters. The SMILES string of the molecule is Oc1ccc(-c2cccc(-c3cccc(-c4ccc(O)cc4)n3)n2)cc1. The summed E-state index contributed by atoms with van der Waals surface area (Å²) in [6.07, 6.45) is 0. The average molecular weight is 340 g/mol. The predicted molar refractivity (Wildman–Crippen MR) is 102 cm³/mol. The summed E-state index contributed by atoms with van der Waals surface area (Å²) in [5.41, 5.74) is 5.05. The first-order chi connectivity index (χ1) is 12.7. The summed E-state index contributed by atoms with van der Waals surface area (Å²) in [4.78, 5) is 9.42. The lowest BCUT2D eigenvalue weighted by Crippen LogP contribution is -1.92. The Kier molecular flexibility index (Phi) is 4.07. The number of rotatable bonds is 3. The van der Waals surface area contributed by atoms with E-state index in [1.807, 2.05) is 60.7 Å². The van der Waals surface area contributed by atoms with Gasteiger partial charge in [0.25, 0.3) is 0 Å². The number of phenolic OH excluding ortho intramolecular Hbond substituents is 2. The van der Waals surface area contributed by atoms with Gasteiger partial charge in [-0.05, 0) is 72.8 Å². The summed E-state index contributed by atoms with van der Waals surface area (Å²) >= 11 is 0. The molecule has 0 aliphatic carbocycles. The number of phenols is 2. The largest absolute Gasteiger partial charge is 0.508 e. The monoisotopic (exact) mass is 340 g/mol. The van der Waals surface area contributed by atoms with Crippen LogP contribution in [0.25, 0.3) is 33.9 Å². The maximum absolute atomic E-state index is 9.45. The van der Waals surface area contributed by atoms with Crippen LogP contribution < -0.4 is 0 Å². The van der Waals surface area contributed by atoms with E-state index in [2.05, 4.69) is 0 Å². The number of pyridine rings is 2. The molecule has 0 spiro atoms. The van der Waals surface area contributed by atoms with Gasteiger partial charge in [-0.25, -0.2) is 9.97 Å². The van der Waals surface area contributed by atoms with Gasteiger partial charge in [0.2, 0.25) is 0 Å². The standard InChI is InChI=1S/C22H16N2O2/c25-17-11-7-15(8-12-17)19-3-1-5-21(23-19)22-6-2-4-20(24-22)16-9-13-18(26)14-10-16/h1-14,25-26H. The number of hydrogen-bond donors (Lipinski definition) is 2. The number of aromatic hydroxyl groups is 2. The highest BCUT2D eigenvalue weighted by atomic mass is 16.3. The van der Waals surface area contributed by atoms with Crippen molar-refractivity contribution in [1.82, 2.24) is 9.97 Å². The molecular formula is C22H16N2O2. The quantitative estimate of drug-likeness (QED) is 0.557. The molecule has 0 aliphatic heterocycles.